The number of ketones is 2. The first-order valence-corrected chi connectivity index (χ1v) is 21.4. The summed E-state index contributed by atoms with van der Waals surface area (Å²) in [5, 5.41) is 7.82. The van der Waals surface area contributed by atoms with Crippen molar-refractivity contribution in [2.24, 2.45) is 0 Å². The van der Waals surface area contributed by atoms with Crippen molar-refractivity contribution in [2.45, 2.75) is 70.1 Å². The summed E-state index contributed by atoms with van der Waals surface area (Å²) < 4.78 is 23.0. The van der Waals surface area contributed by atoms with Gasteiger partial charge in [0.1, 0.15) is 40.9 Å². The number of nitrogen functional groups attached to an aromatic ring is 1. The van der Waals surface area contributed by atoms with Crippen LogP contribution in [-0.4, -0.2) is 109 Å². The molecule has 2 atom stereocenters. The Kier molecular flexibility index (Phi) is 16.9. The number of amides is 3. The van der Waals surface area contributed by atoms with Gasteiger partial charge in [-0.05, 0) is 70.0 Å². The molecule has 1 saturated carbocycles. The number of rotatable bonds is 14. The minimum Gasteiger partial charge on any atom is -0.457 e. The second-order valence-electron chi connectivity index (χ2n) is 16.1. The summed E-state index contributed by atoms with van der Waals surface area (Å²) in [6, 6.07) is 21.3. The molecule has 5 aromatic rings. The molecule has 2 aromatic heterocycles. The zero-order valence-electron chi connectivity index (χ0n) is 36.6. The Bertz CT molecular complexity index is 2670. The summed E-state index contributed by atoms with van der Waals surface area (Å²) in [6.45, 7) is 14.0. The average molecular weight is 970 g/mol. The summed E-state index contributed by atoms with van der Waals surface area (Å²) >= 11 is 0. The number of carbonyl (C=O) groups is 5. The van der Waals surface area contributed by atoms with Crippen LogP contribution in [0.25, 0.3) is 27.1 Å². The number of aromatic nitrogens is 4. The number of hydrogen-bond donors (Lipinski definition) is 2. The molecule has 3 amide bonds. The zero-order chi connectivity index (χ0) is 46.0. The maximum Gasteiger partial charge on any atom is 0.252 e. The van der Waals surface area contributed by atoms with E-state index in [0.717, 1.165) is 31.4 Å². The van der Waals surface area contributed by atoms with E-state index in [-0.39, 0.29) is 104 Å². The van der Waals surface area contributed by atoms with Crippen molar-refractivity contribution in [3.05, 3.63) is 126 Å². The Morgan fingerprint density at radius 1 is 1.08 bits per heavy atom. The van der Waals surface area contributed by atoms with Crippen LogP contribution in [0.3, 0.4) is 0 Å². The van der Waals surface area contributed by atoms with Crippen molar-refractivity contribution in [2.75, 3.05) is 39.0 Å². The number of ether oxygens (including phenoxy) is 1. The maximum absolute atomic E-state index is 15.6. The van der Waals surface area contributed by atoms with Gasteiger partial charge in [0, 0.05) is 76.9 Å². The van der Waals surface area contributed by atoms with E-state index in [1.807, 2.05) is 30.1 Å². The Balaban J connectivity index is 0.000000315. The van der Waals surface area contributed by atoms with Crippen molar-refractivity contribution < 1.29 is 65.8 Å². The molecule has 339 valence electrons. The van der Waals surface area contributed by atoms with Gasteiger partial charge in [-0.2, -0.15) is 29.4 Å². The normalized spacial score (nSPS) is 16.9. The van der Waals surface area contributed by atoms with Crippen molar-refractivity contribution in [1.82, 2.24) is 39.8 Å². The van der Waals surface area contributed by atoms with Gasteiger partial charge in [-0.3, -0.25) is 19.2 Å². The monoisotopic (exact) mass is 969 g/mol. The van der Waals surface area contributed by atoms with Crippen molar-refractivity contribution in [1.29, 1.82) is 0 Å². The summed E-state index contributed by atoms with van der Waals surface area (Å²) in [6.07, 6.45) is 6.93. The molecule has 8 rings (SSSR count). The number of benzene rings is 3. The first-order chi connectivity index (χ1) is 31.4. The fourth-order valence-corrected chi connectivity index (χ4v) is 8.25. The van der Waals surface area contributed by atoms with Gasteiger partial charge in [0.2, 0.25) is 5.70 Å². The second kappa shape index (κ2) is 22.7. The number of nitrogens with zero attached hydrogens (tertiary/aromatic N) is 8. The third kappa shape index (κ3) is 11.7. The molecule has 18 heteroatoms. The summed E-state index contributed by atoms with van der Waals surface area (Å²) in [5.41, 5.74) is 8.72. The molecule has 16 nitrogen and oxygen atoms in total. The maximum atomic E-state index is 15.6. The predicted octanol–water partition coefficient (Wildman–Crippen LogP) is 5.59. The number of likely N-dealkylation sites (N-methyl/N-ethyl adjacent to an activating group) is 1. The third-order valence-electron chi connectivity index (χ3n) is 11.6. The predicted molar refractivity (Wildman–Crippen MR) is 239 cm³/mol. The molecule has 3 aliphatic rings. The van der Waals surface area contributed by atoms with Gasteiger partial charge in [0.25, 0.3) is 5.91 Å². The van der Waals surface area contributed by atoms with E-state index in [9.17, 15) is 24.0 Å². The van der Waals surface area contributed by atoms with Gasteiger partial charge in [-0.25, -0.2) is 23.9 Å². The third-order valence-corrected chi connectivity index (χ3v) is 11.6. The van der Waals surface area contributed by atoms with E-state index in [2.05, 4.69) is 33.1 Å². The van der Waals surface area contributed by atoms with Gasteiger partial charge in [-0.15, -0.1) is 5.56 Å². The topological polar surface area (TPSA) is 190 Å². The molecule has 4 heterocycles. The van der Waals surface area contributed by atoms with E-state index < -0.39 is 11.9 Å². The molecule has 1 saturated heterocycles. The molecule has 1 radical (unpaired) electrons. The van der Waals surface area contributed by atoms with Crippen LogP contribution in [0, 0.1) is 25.4 Å². The smallest absolute Gasteiger partial charge is 0.252 e. The fourth-order valence-electron chi connectivity index (χ4n) is 8.25. The van der Waals surface area contributed by atoms with E-state index >= 15 is 4.39 Å². The zero-order valence-corrected chi connectivity index (χ0v) is 39.5. The van der Waals surface area contributed by atoms with Gasteiger partial charge in [-0.1, -0.05) is 29.8 Å². The standard InChI is InChI=1S/C34H37FN9O3.C14H12NO3.Y/c1-23(45)38-16-7-8-17-42(3)19-15-29(37-2)34(46)43-18-9-10-24(43)21-44-33-30(32(36)39-22-40-33)31(41-44)27-14-13-26(20-28(27)35)47-25-11-5-4-6-12-25;16-10-5-6-12(13(17)7-10)15-8-9-3-1-2-4-11(9)14(15)18;/h4-6,11-15,20,22,24H,1,7-10,16-19,21H2,3H3,(H,38,45)(H2,36,39,40);1-2,4,12H,5-8H2;/q2*-1;/b29-15-;;/t24-;;/m0../s1. The SMILES string of the molecule is O=C1CCC(N2Cc3[c-]cccc3C2=O)C(=O)C1.[C-]#[N+]/C(=C\CN(C)CCCCNC([CH2-])=O)C(=O)N1CCC[C@H]1Cn1nc(-c2ccc(Oc3ccccc3)cc2F)c2c(N)ncnc21.[Y]. The first kappa shape index (κ1) is 49.1. The van der Waals surface area contributed by atoms with E-state index in [1.54, 1.807) is 63.0 Å². The number of anilines is 1. The van der Waals surface area contributed by atoms with Gasteiger partial charge >= 0.3 is 0 Å². The van der Waals surface area contributed by atoms with Crippen LogP contribution in [0.4, 0.5) is 10.2 Å². The molecule has 2 fully saturated rings. The number of halogens is 1. The quantitative estimate of drug-likeness (QED) is 0.0611. The molecule has 3 aromatic carbocycles. The number of likely N-dealkylation sites (tertiary alicyclic amines) is 1. The first-order valence-electron chi connectivity index (χ1n) is 21.4. The van der Waals surface area contributed by atoms with Crippen LogP contribution in [0.5, 0.6) is 11.5 Å². The van der Waals surface area contributed by atoms with Crippen molar-refractivity contribution >= 4 is 46.1 Å². The van der Waals surface area contributed by atoms with Crippen LogP contribution < -0.4 is 15.8 Å². The molecule has 0 bridgehead atoms. The number of para-hydroxylation sites is 1. The Morgan fingerprint density at radius 2 is 1.88 bits per heavy atom. The van der Waals surface area contributed by atoms with Gasteiger partial charge in [0.05, 0.1) is 42.9 Å². The molecule has 3 N–H and O–H groups in total. The van der Waals surface area contributed by atoms with Crippen LogP contribution in [0.15, 0.2) is 84.8 Å². The fraction of sp³-hybridized carbons (Fsp3) is 0.333. The number of Topliss-reactive ketones (excluding diaryl/α,β-unsaturated/α-hetero) is 2. The Hall–Kier alpha value is -6.35. The molecule has 0 spiro atoms. The number of nitrogens with two attached hydrogens (primary N) is 1. The second-order valence-corrected chi connectivity index (χ2v) is 16.1. The minimum absolute atomic E-state index is 0. The molecule has 2 aliphatic heterocycles. The minimum atomic E-state index is -0.548. The van der Waals surface area contributed by atoms with Gasteiger partial charge < -0.3 is 42.2 Å². The molecule has 1 unspecified atom stereocenters. The molecule has 66 heavy (non-hydrogen) atoms. The van der Waals surface area contributed by atoms with Crippen LogP contribution in [0.2, 0.25) is 0 Å². The number of carbonyl (C=O) groups excluding carboxylic acids is 5. The van der Waals surface area contributed by atoms with E-state index in [4.69, 9.17) is 22.1 Å². The summed E-state index contributed by atoms with van der Waals surface area (Å²) in [5.74, 6) is -0.371. The van der Waals surface area contributed by atoms with E-state index in [1.165, 1.54) is 12.4 Å². The average Bonchev–Trinajstić information content (AvgIpc) is 4.00. The largest absolute Gasteiger partial charge is 0.457 e. The van der Waals surface area contributed by atoms with Crippen LogP contribution in [0.1, 0.15) is 60.9 Å². The summed E-state index contributed by atoms with van der Waals surface area (Å²) in [7, 11) is 1.92. The van der Waals surface area contributed by atoms with Gasteiger partial charge in [0.15, 0.2) is 17.3 Å². The number of unbranched alkanes of at least 4 members (excludes halogenated alkanes) is 1. The number of fused-ring (bicyclic) bond motifs is 2. The molecular weight excluding hydrogens is 920 g/mol. The molecular formula is C48H49FN10O6Y-2. The van der Waals surface area contributed by atoms with Crippen LogP contribution >= 0.6 is 0 Å². The Labute approximate surface area is 407 Å². The van der Waals surface area contributed by atoms with Crippen molar-refractivity contribution in [3.63, 3.8) is 0 Å². The Morgan fingerprint density at radius 3 is 2.61 bits per heavy atom. The van der Waals surface area contributed by atoms with E-state index in [0.29, 0.717) is 73.5 Å². The molecule has 1 aliphatic carbocycles. The van der Waals surface area contributed by atoms with Crippen LogP contribution in [-0.2, 0) is 65.0 Å². The van der Waals surface area contributed by atoms with Crippen molar-refractivity contribution in [3.8, 4) is 22.8 Å². The summed E-state index contributed by atoms with van der Waals surface area (Å²) in [4.78, 5) is 77.1. The number of hydrogen-bond acceptors (Lipinski definition) is 11. The number of nitrogens with one attached hydrogen (secondary N) is 1.